The Labute approximate surface area is 126 Å². The van der Waals surface area contributed by atoms with Crippen molar-refractivity contribution >= 4 is 26.4 Å². The largest absolute Gasteiger partial charge is 0.376 e. The van der Waals surface area contributed by atoms with Gasteiger partial charge in [-0.25, -0.2) is 8.42 Å². The zero-order chi connectivity index (χ0) is 15.0. The predicted molar refractivity (Wildman–Crippen MR) is 78.8 cm³/mol. The van der Waals surface area contributed by atoms with E-state index in [1.54, 1.807) is 13.8 Å². The van der Waals surface area contributed by atoms with Gasteiger partial charge in [0.25, 0.3) is 5.89 Å². The Morgan fingerprint density at radius 2 is 2.24 bits per heavy atom. The molecule has 0 spiro atoms. The van der Waals surface area contributed by atoms with E-state index in [0.717, 1.165) is 10.4 Å². The molecule has 0 bridgehead atoms. The summed E-state index contributed by atoms with van der Waals surface area (Å²) in [5.74, 6) is 0.871. The van der Waals surface area contributed by atoms with Gasteiger partial charge in [-0.1, -0.05) is 5.16 Å². The van der Waals surface area contributed by atoms with Crippen LogP contribution >= 0.6 is 11.3 Å². The molecule has 0 fully saturated rings. The number of hydrogen-bond acceptors (Lipinski definition) is 7. The van der Waals surface area contributed by atoms with Gasteiger partial charge in [-0.3, -0.25) is 4.72 Å². The fourth-order valence-corrected chi connectivity index (χ4v) is 4.25. The van der Waals surface area contributed by atoms with Gasteiger partial charge in [0.05, 0.1) is 24.5 Å². The summed E-state index contributed by atoms with van der Waals surface area (Å²) in [5.41, 5.74) is 1.72. The van der Waals surface area contributed by atoms with Gasteiger partial charge in [-0.2, -0.15) is 4.98 Å². The van der Waals surface area contributed by atoms with Crippen molar-refractivity contribution in [1.82, 2.24) is 10.1 Å². The quantitative estimate of drug-likeness (QED) is 0.921. The van der Waals surface area contributed by atoms with Crippen molar-refractivity contribution in [1.29, 1.82) is 0 Å². The molecule has 114 valence electrons. The van der Waals surface area contributed by atoms with E-state index in [4.69, 9.17) is 9.26 Å². The van der Waals surface area contributed by atoms with Crippen molar-refractivity contribution in [2.45, 2.75) is 26.9 Å². The molecule has 0 amide bonds. The van der Waals surface area contributed by atoms with Gasteiger partial charge in [0.15, 0.2) is 5.82 Å². The summed E-state index contributed by atoms with van der Waals surface area (Å²) in [6.45, 7) is 4.40. The number of nitrogens with one attached hydrogen (secondary N) is 1. The highest BCUT2D eigenvalue weighted by molar-refractivity contribution is 7.92. The average Bonchev–Trinajstić information content (AvgIpc) is 3.01. The van der Waals surface area contributed by atoms with Crippen LogP contribution in [0.25, 0.3) is 11.5 Å². The smallest absolute Gasteiger partial charge is 0.261 e. The Balaban J connectivity index is 2.13. The Bertz CT molecular complexity index is 764. The van der Waals surface area contributed by atoms with Crippen molar-refractivity contribution in [3.05, 3.63) is 16.3 Å². The van der Waals surface area contributed by atoms with Crippen LogP contribution in [0.3, 0.4) is 0 Å². The van der Waals surface area contributed by atoms with Crippen molar-refractivity contribution < 1.29 is 17.7 Å². The summed E-state index contributed by atoms with van der Waals surface area (Å²) in [6.07, 6.45) is 0.705. The number of thiophene rings is 1. The Kier molecular flexibility index (Phi) is 3.72. The Morgan fingerprint density at radius 1 is 1.43 bits per heavy atom. The summed E-state index contributed by atoms with van der Waals surface area (Å²) in [7, 11) is -3.37. The first-order valence-electron chi connectivity index (χ1n) is 6.53. The maximum absolute atomic E-state index is 11.9. The molecule has 9 heteroatoms. The van der Waals surface area contributed by atoms with Crippen LogP contribution in [-0.2, 0) is 27.8 Å². The molecular formula is C12H15N3O4S2. The maximum Gasteiger partial charge on any atom is 0.261 e. The number of rotatable bonds is 4. The topological polar surface area (TPSA) is 94.3 Å². The lowest BCUT2D eigenvalue weighted by Crippen LogP contribution is -2.14. The third kappa shape index (κ3) is 2.81. The molecule has 2 aromatic heterocycles. The average molecular weight is 329 g/mol. The van der Waals surface area contributed by atoms with Crippen LogP contribution in [0.4, 0.5) is 5.00 Å². The van der Waals surface area contributed by atoms with E-state index in [1.165, 1.54) is 11.3 Å². The first-order valence-corrected chi connectivity index (χ1v) is 9.00. The normalized spacial score (nSPS) is 15.0. The van der Waals surface area contributed by atoms with Crippen LogP contribution in [0.1, 0.15) is 23.2 Å². The van der Waals surface area contributed by atoms with Crippen LogP contribution in [0.5, 0.6) is 0 Å². The summed E-state index contributed by atoms with van der Waals surface area (Å²) >= 11 is 1.37. The number of aryl methyl sites for hydroxylation is 1. The lowest BCUT2D eigenvalue weighted by Gasteiger charge is -2.12. The summed E-state index contributed by atoms with van der Waals surface area (Å²) in [5, 5.41) is 4.31. The third-order valence-corrected chi connectivity index (χ3v) is 5.72. The zero-order valence-electron chi connectivity index (χ0n) is 11.7. The lowest BCUT2D eigenvalue weighted by molar-refractivity contribution is 0.113. The molecule has 0 saturated carbocycles. The second-order valence-corrected chi connectivity index (χ2v) is 7.78. The van der Waals surface area contributed by atoms with E-state index in [9.17, 15) is 8.42 Å². The second kappa shape index (κ2) is 5.39. The number of hydrogen-bond donors (Lipinski definition) is 1. The first kappa shape index (κ1) is 14.5. The van der Waals surface area contributed by atoms with Crippen LogP contribution in [-0.4, -0.2) is 30.9 Å². The molecule has 0 unspecified atom stereocenters. The molecule has 0 saturated heterocycles. The molecule has 0 radical (unpaired) electrons. The minimum atomic E-state index is -3.37. The molecule has 0 atom stereocenters. The fourth-order valence-electron chi connectivity index (χ4n) is 2.14. The number of aromatic nitrogens is 2. The molecule has 1 N–H and O–H groups in total. The van der Waals surface area contributed by atoms with Gasteiger partial charge >= 0.3 is 0 Å². The van der Waals surface area contributed by atoms with Crippen LogP contribution in [0.15, 0.2) is 4.52 Å². The van der Waals surface area contributed by atoms with Gasteiger partial charge in [0.2, 0.25) is 10.0 Å². The summed E-state index contributed by atoms with van der Waals surface area (Å²) in [4.78, 5) is 5.23. The highest BCUT2D eigenvalue weighted by Gasteiger charge is 2.27. The number of sulfonamides is 1. The predicted octanol–water partition coefficient (Wildman–Crippen LogP) is 1.94. The number of fused-ring (bicyclic) bond motifs is 1. The third-order valence-electron chi connectivity index (χ3n) is 3.19. The monoisotopic (exact) mass is 329 g/mol. The highest BCUT2D eigenvalue weighted by Crippen LogP contribution is 2.42. The summed E-state index contributed by atoms with van der Waals surface area (Å²) < 4.78 is 37.0. The zero-order valence-corrected chi connectivity index (χ0v) is 13.3. The maximum atomic E-state index is 11.9. The second-order valence-electron chi connectivity index (χ2n) is 4.66. The van der Waals surface area contributed by atoms with Crippen LogP contribution in [0, 0.1) is 6.92 Å². The number of nitrogens with zero attached hydrogens (tertiary/aromatic N) is 2. The minimum Gasteiger partial charge on any atom is -0.376 e. The minimum absolute atomic E-state index is 0.00830. The van der Waals surface area contributed by atoms with Crippen LogP contribution < -0.4 is 4.72 Å². The molecule has 3 heterocycles. The van der Waals surface area contributed by atoms with Crippen molar-refractivity contribution in [3.8, 4) is 11.5 Å². The summed E-state index contributed by atoms with van der Waals surface area (Å²) in [6, 6.07) is 0. The van der Waals surface area contributed by atoms with Gasteiger partial charge < -0.3 is 9.26 Å². The SMILES string of the molecule is CCS(=O)(=O)Nc1sc2c(c1-c1nc(C)no1)CCOC2. The van der Waals surface area contributed by atoms with E-state index in [1.807, 2.05) is 0 Å². The van der Waals surface area contributed by atoms with E-state index < -0.39 is 10.0 Å². The molecule has 1 aliphatic rings. The fraction of sp³-hybridized carbons (Fsp3) is 0.500. The van der Waals surface area contributed by atoms with E-state index in [0.29, 0.717) is 41.9 Å². The molecule has 21 heavy (non-hydrogen) atoms. The molecule has 7 nitrogen and oxygen atoms in total. The number of anilines is 1. The molecule has 0 aliphatic carbocycles. The lowest BCUT2D eigenvalue weighted by atomic mass is 10.1. The van der Waals surface area contributed by atoms with Gasteiger partial charge in [0, 0.05) is 4.88 Å². The van der Waals surface area contributed by atoms with Crippen LogP contribution in [0.2, 0.25) is 0 Å². The van der Waals surface area contributed by atoms with Gasteiger partial charge in [-0.15, -0.1) is 11.3 Å². The van der Waals surface area contributed by atoms with Crippen molar-refractivity contribution in [2.24, 2.45) is 0 Å². The molecular weight excluding hydrogens is 314 g/mol. The van der Waals surface area contributed by atoms with Gasteiger partial charge in [0.1, 0.15) is 5.00 Å². The van der Waals surface area contributed by atoms with Crippen molar-refractivity contribution in [3.63, 3.8) is 0 Å². The highest BCUT2D eigenvalue weighted by atomic mass is 32.2. The molecule has 1 aliphatic heterocycles. The van der Waals surface area contributed by atoms with Crippen molar-refractivity contribution in [2.75, 3.05) is 17.1 Å². The Morgan fingerprint density at radius 3 is 2.90 bits per heavy atom. The standard InChI is InChI=1S/C12H15N3O4S2/c1-3-21(16,17)15-12-10(11-13-7(2)14-19-11)8-4-5-18-6-9(8)20-12/h15H,3-6H2,1-2H3. The molecule has 2 aromatic rings. The molecule has 0 aromatic carbocycles. The Hall–Kier alpha value is -1.45. The van der Waals surface area contributed by atoms with E-state index >= 15 is 0 Å². The van der Waals surface area contributed by atoms with E-state index in [2.05, 4.69) is 14.9 Å². The number of ether oxygens (including phenoxy) is 1. The first-order chi connectivity index (χ1) is 10.00. The van der Waals surface area contributed by atoms with E-state index in [-0.39, 0.29) is 5.75 Å². The van der Waals surface area contributed by atoms with Gasteiger partial charge in [-0.05, 0) is 25.8 Å². The molecule has 3 rings (SSSR count).